The number of benzene rings is 2. The fraction of sp³-hybridized carbons (Fsp3) is 0.0909. The number of nitrogens with one attached hydrogen (secondary N) is 1. The van der Waals surface area contributed by atoms with Crippen molar-refractivity contribution in [1.29, 1.82) is 0 Å². The van der Waals surface area contributed by atoms with Gasteiger partial charge in [-0.2, -0.15) is 0 Å². The molecule has 0 atom stereocenters. The average Bonchev–Trinajstić information content (AvgIpc) is 3.48. The average molecular weight is 420 g/mol. The Bertz CT molecular complexity index is 1490. The lowest BCUT2D eigenvalue weighted by Gasteiger charge is -2.03. The Balaban J connectivity index is 1.61. The van der Waals surface area contributed by atoms with E-state index in [4.69, 9.17) is 13.9 Å². The van der Waals surface area contributed by atoms with Crippen LogP contribution >= 0.6 is 11.3 Å². The second kappa shape index (κ2) is 6.43. The zero-order chi connectivity index (χ0) is 20.2. The van der Waals surface area contributed by atoms with E-state index in [1.807, 2.05) is 23.6 Å². The number of nitrogens with zero attached hydrogens (tertiary/aromatic N) is 1. The van der Waals surface area contributed by atoms with E-state index in [0.717, 1.165) is 5.56 Å². The highest BCUT2D eigenvalue weighted by molar-refractivity contribution is 7.13. The minimum absolute atomic E-state index is 0.0589. The second-order valence-electron chi connectivity index (χ2n) is 6.93. The van der Waals surface area contributed by atoms with Crippen LogP contribution in [0.25, 0.3) is 32.6 Å². The van der Waals surface area contributed by atoms with Gasteiger partial charge in [0.1, 0.15) is 21.8 Å². The summed E-state index contributed by atoms with van der Waals surface area (Å²) in [6.07, 6.45) is 2.12. The number of ether oxygens (including phenoxy) is 2. The maximum Gasteiger partial charge on any atom is 0.231 e. The topological polar surface area (TPSA) is 77.4 Å². The highest BCUT2D eigenvalue weighted by Crippen LogP contribution is 2.36. The molecule has 1 N–H and O–H groups in total. The van der Waals surface area contributed by atoms with Crippen LogP contribution in [-0.4, -0.2) is 16.8 Å². The molecule has 8 heteroatoms. The van der Waals surface area contributed by atoms with Crippen molar-refractivity contribution in [2.24, 2.45) is 0 Å². The summed E-state index contributed by atoms with van der Waals surface area (Å²) < 4.78 is 31.3. The van der Waals surface area contributed by atoms with Gasteiger partial charge >= 0.3 is 0 Å². The number of halogens is 1. The third kappa shape index (κ3) is 2.54. The first-order valence-electron chi connectivity index (χ1n) is 9.23. The summed E-state index contributed by atoms with van der Waals surface area (Å²) in [5, 5.41) is 2.71. The molecule has 0 bridgehead atoms. The number of thiazole rings is 1. The van der Waals surface area contributed by atoms with Crippen molar-refractivity contribution in [3.05, 3.63) is 75.3 Å². The SMILES string of the molecule is O=c1c2c(F)cccc2oc2c(Cc3ccc4c(c3)OCO4)[nH]c(-c3nccs3)c12. The molecular weight excluding hydrogens is 407 g/mol. The number of hydrogen-bond donors (Lipinski definition) is 1. The molecule has 0 unspecified atom stereocenters. The third-order valence-corrected chi connectivity index (χ3v) is 5.92. The van der Waals surface area contributed by atoms with Crippen molar-refractivity contribution in [3.63, 3.8) is 0 Å². The number of H-pyrrole nitrogens is 1. The lowest BCUT2D eigenvalue weighted by Crippen LogP contribution is -2.04. The van der Waals surface area contributed by atoms with E-state index in [1.54, 1.807) is 12.3 Å². The van der Waals surface area contributed by atoms with Gasteiger partial charge in [0, 0.05) is 18.0 Å². The number of aromatic amines is 1. The van der Waals surface area contributed by atoms with Crippen molar-refractivity contribution < 1.29 is 18.3 Å². The van der Waals surface area contributed by atoms with Gasteiger partial charge in [-0.25, -0.2) is 9.37 Å². The van der Waals surface area contributed by atoms with Gasteiger partial charge in [0.15, 0.2) is 17.1 Å². The van der Waals surface area contributed by atoms with E-state index < -0.39 is 11.2 Å². The molecule has 6 nitrogen and oxygen atoms in total. The lowest BCUT2D eigenvalue weighted by atomic mass is 10.1. The highest BCUT2D eigenvalue weighted by atomic mass is 32.1. The summed E-state index contributed by atoms with van der Waals surface area (Å²) in [6, 6.07) is 10.1. The molecule has 148 valence electrons. The fourth-order valence-corrected chi connectivity index (χ4v) is 4.44. The summed E-state index contributed by atoms with van der Waals surface area (Å²) in [5.41, 5.74) is 2.40. The predicted octanol–water partition coefficient (Wildman–Crippen LogP) is 4.86. The van der Waals surface area contributed by atoms with Gasteiger partial charge in [-0.1, -0.05) is 12.1 Å². The van der Waals surface area contributed by atoms with E-state index in [2.05, 4.69) is 9.97 Å². The molecule has 0 saturated heterocycles. The van der Waals surface area contributed by atoms with Crippen LogP contribution in [-0.2, 0) is 6.42 Å². The maximum atomic E-state index is 14.4. The molecule has 3 aromatic heterocycles. The Morgan fingerprint density at radius 3 is 2.90 bits per heavy atom. The molecule has 0 spiro atoms. The van der Waals surface area contributed by atoms with Crippen LogP contribution in [0.5, 0.6) is 11.5 Å². The number of hydrogen-bond acceptors (Lipinski definition) is 6. The first kappa shape index (κ1) is 17.2. The second-order valence-corrected chi connectivity index (χ2v) is 7.82. The van der Waals surface area contributed by atoms with Gasteiger partial charge in [-0.15, -0.1) is 11.3 Å². The van der Waals surface area contributed by atoms with Gasteiger partial charge < -0.3 is 18.9 Å². The van der Waals surface area contributed by atoms with Crippen molar-refractivity contribution in [3.8, 4) is 22.2 Å². The zero-order valence-electron chi connectivity index (χ0n) is 15.4. The Morgan fingerprint density at radius 2 is 2.03 bits per heavy atom. The first-order valence-corrected chi connectivity index (χ1v) is 10.1. The molecule has 4 heterocycles. The van der Waals surface area contributed by atoms with Crippen LogP contribution in [0.4, 0.5) is 4.39 Å². The van der Waals surface area contributed by atoms with E-state index in [1.165, 1.54) is 23.5 Å². The van der Waals surface area contributed by atoms with Crippen molar-refractivity contribution in [2.45, 2.75) is 6.42 Å². The molecule has 1 aliphatic heterocycles. The monoisotopic (exact) mass is 420 g/mol. The summed E-state index contributed by atoms with van der Waals surface area (Å²) in [6.45, 7) is 0.199. The van der Waals surface area contributed by atoms with E-state index in [9.17, 15) is 9.18 Å². The quantitative estimate of drug-likeness (QED) is 0.451. The molecule has 2 aromatic carbocycles. The smallest absolute Gasteiger partial charge is 0.231 e. The molecule has 0 amide bonds. The number of rotatable bonds is 3. The minimum atomic E-state index is -0.605. The van der Waals surface area contributed by atoms with E-state index in [-0.39, 0.29) is 17.8 Å². The molecule has 0 radical (unpaired) electrons. The highest BCUT2D eigenvalue weighted by Gasteiger charge is 2.23. The van der Waals surface area contributed by atoms with Crippen LogP contribution < -0.4 is 14.9 Å². The van der Waals surface area contributed by atoms with Crippen LogP contribution in [0.2, 0.25) is 0 Å². The van der Waals surface area contributed by atoms with Crippen LogP contribution in [0.3, 0.4) is 0 Å². The van der Waals surface area contributed by atoms with E-state index >= 15 is 0 Å². The van der Waals surface area contributed by atoms with Crippen molar-refractivity contribution in [1.82, 2.24) is 9.97 Å². The molecule has 30 heavy (non-hydrogen) atoms. The molecule has 6 rings (SSSR count). The molecular formula is C22H13FN2O4S. The van der Waals surface area contributed by atoms with E-state index in [0.29, 0.717) is 45.3 Å². The third-order valence-electron chi connectivity index (χ3n) is 5.13. The minimum Gasteiger partial charge on any atom is -0.454 e. The molecule has 0 saturated carbocycles. The van der Waals surface area contributed by atoms with Gasteiger partial charge in [0.25, 0.3) is 0 Å². The zero-order valence-corrected chi connectivity index (χ0v) is 16.2. The van der Waals surface area contributed by atoms with Crippen LogP contribution in [0.15, 0.2) is 57.2 Å². The Kier molecular flexibility index (Phi) is 3.69. The Hall–Kier alpha value is -3.65. The molecule has 5 aromatic rings. The normalized spacial score (nSPS) is 12.8. The fourth-order valence-electron chi connectivity index (χ4n) is 3.80. The summed E-state index contributed by atoms with van der Waals surface area (Å²) in [4.78, 5) is 20.9. The lowest BCUT2D eigenvalue weighted by molar-refractivity contribution is 0.174. The Labute approximate surface area is 172 Å². The number of fused-ring (bicyclic) bond motifs is 3. The molecule has 1 aliphatic rings. The number of aromatic nitrogens is 2. The van der Waals surface area contributed by atoms with Gasteiger partial charge in [-0.05, 0) is 29.8 Å². The Morgan fingerprint density at radius 1 is 1.13 bits per heavy atom. The standard InChI is InChI=1S/C22H13FN2O4S/c23-12-2-1-3-15-17(12)20(26)18-19(22-24-6-7-30-22)25-13(21(18)29-15)8-11-4-5-14-16(9-11)28-10-27-14/h1-7,9,25H,8,10H2. The van der Waals surface area contributed by atoms with Crippen molar-refractivity contribution >= 4 is 33.3 Å². The largest absolute Gasteiger partial charge is 0.454 e. The summed E-state index contributed by atoms with van der Waals surface area (Å²) in [7, 11) is 0. The van der Waals surface area contributed by atoms with Gasteiger partial charge in [0.2, 0.25) is 12.2 Å². The van der Waals surface area contributed by atoms with Crippen LogP contribution in [0.1, 0.15) is 11.3 Å². The molecule has 0 aliphatic carbocycles. The van der Waals surface area contributed by atoms with Gasteiger partial charge in [0.05, 0.1) is 16.8 Å². The maximum absolute atomic E-state index is 14.4. The molecule has 0 fully saturated rings. The summed E-state index contributed by atoms with van der Waals surface area (Å²) in [5.74, 6) is 0.774. The van der Waals surface area contributed by atoms with Crippen LogP contribution in [0, 0.1) is 5.82 Å². The van der Waals surface area contributed by atoms with Gasteiger partial charge in [-0.3, -0.25) is 4.79 Å². The summed E-state index contributed by atoms with van der Waals surface area (Å²) >= 11 is 1.39. The predicted molar refractivity (Wildman–Crippen MR) is 111 cm³/mol. The first-order chi connectivity index (χ1) is 14.7. The van der Waals surface area contributed by atoms with Crippen molar-refractivity contribution in [2.75, 3.05) is 6.79 Å².